The second-order valence-corrected chi connectivity index (χ2v) is 4.63. The summed E-state index contributed by atoms with van der Waals surface area (Å²) in [7, 11) is 2.97. The number of nitrogens with one attached hydrogen (secondary N) is 2. The van der Waals surface area contributed by atoms with Gasteiger partial charge in [0.2, 0.25) is 0 Å². The largest absolute Gasteiger partial charge is 0.497 e. The van der Waals surface area contributed by atoms with Crippen LogP contribution < -0.4 is 20.2 Å². The van der Waals surface area contributed by atoms with E-state index in [4.69, 9.17) is 9.47 Å². The standard InChI is InChI=1S/C17H17N3O4/c1-23-13-8-9-14(15(10-13)24-2)19-16(21)17(22)20-18-11-12-6-4-3-5-7-12/h3-11H,1-2H3,(H,19,21)(H,20,22). The molecule has 7 nitrogen and oxygen atoms in total. The average Bonchev–Trinajstić information content (AvgIpc) is 2.62. The lowest BCUT2D eigenvalue weighted by Crippen LogP contribution is -2.32. The van der Waals surface area contributed by atoms with E-state index in [1.807, 2.05) is 30.3 Å². The Morgan fingerprint density at radius 2 is 1.75 bits per heavy atom. The van der Waals surface area contributed by atoms with Crippen LogP contribution in [0.4, 0.5) is 5.69 Å². The molecule has 0 saturated carbocycles. The first kappa shape index (κ1) is 17.0. The molecule has 0 aromatic heterocycles. The second-order valence-electron chi connectivity index (χ2n) is 4.63. The number of carbonyl (C=O) groups is 2. The van der Waals surface area contributed by atoms with Crippen LogP contribution in [0.1, 0.15) is 5.56 Å². The van der Waals surface area contributed by atoms with Gasteiger partial charge in [-0.1, -0.05) is 30.3 Å². The molecular weight excluding hydrogens is 310 g/mol. The number of anilines is 1. The first-order valence-electron chi connectivity index (χ1n) is 7.05. The number of hydrogen-bond donors (Lipinski definition) is 2. The van der Waals surface area contributed by atoms with Gasteiger partial charge in [-0.05, 0) is 17.7 Å². The van der Waals surface area contributed by atoms with Crippen LogP contribution in [0.2, 0.25) is 0 Å². The number of amides is 2. The van der Waals surface area contributed by atoms with Crippen molar-refractivity contribution < 1.29 is 19.1 Å². The van der Waals surface area contributed by atoms with Crippen LogP contribution in [0.25, 0.3) is 0 Å². The maximum atomic E-state index is 11.9. The molecule has 0 aliphatic rings. The Hall–Kier alpha value is -3.35. The Kier molecular flexibility index (Phi) is 5.90. The summed E-state index contributed by atoms with van der Waals surface area (Å²) in [5, 5.41) is 6.19. The molecule has 0 aliphatic heterocycles. The molecule has 0 heterocycles. The Balaban J connectivity index is 1.96. The van der Waals surface area contributed by atoms with Crippen LogP contribution >= 0.6 is 0 Å². The van der Waals surface area contributed by atoms with E-state index in [0.717, 1.165) is 5.56 Å². The number of hydrazone groups is 1. The van der Waals surface area contributed by atoms with E-state index < -0.39 is 11.8 Å². The van der Waals surface area contributed by atoms with Crippen LogP contribution in [-0.4, -0.2) is 32.2 Å². The molecule has 24 heavy (non-hydrogen) atoms. The highest BCUT2D eigenvalue weighted by Crippen LogP contribution is 2.28. The van der Waals surface area contributed by atoms with E-state index in [-0.39, 0.29) is 0 Å². The molecule has 7 heteroatoms. The second kappa shape index (κ2) is 8.33. The van der Waals surface area contributed by atoms with E-state index in [0.29, 0.717) is 17.2 Å². The minimum Gasteiger partial charge on any atom is -0.497 e. The highest BCUT2D eigenvalue weighted by atomic mass is 16.5. The van der Waals surface area contributed by atoms with E-state index >= 15 is 0 Å². The Morgan fingerprint density at radius 1 is 1.00 bits per heavy atom. The summed E-state index contributed by atoms with van der Waals surface area (Å²) in [6.45, 7) is 0. The molecule has 0 fully saturated rings. The quantitative estimate of drug-likeness (QED) is 0.498. The van der Waals surface area contributed by atoms with Gasteiger partial charge in [0, 0.05) is 6.07 Å². The molecule has 2 aromatic rings. The van der Waals surface area contributed by atoms with Gasteiger partial charge < -0.3 is 14.8 Å². The van der Waals surface area contributed by atoms with Crippen molar-refractivity contribution in [3.8, 4) is 11.5 Å². The summed E-state index contributed by atoms with van der Waals surface area (Å²) in [6, 6.07) is 14.0. The SMILES string of the molecule is COc1ccc(NC(=O)C(=O)NN=Cc2ccccc2)c(OC)c1. The van der Waals surface area contributed by atoms with Crippen LogP contribution in [0.5, 0.6) is 11.5 Å². The molecule has 0 atom stereocenters. The van der Waals surface area contributed by atoms with Crippen LogP contribution in [0.3, 0.4) is 0 Å². The van der Waals surface area contributed by atoms with Gasteiger partial charge >= 0.3 is 11.8 Å². The van der Waals surface area contributed by atoms with Gasteiger partial charge in [-0.3, -0.25) is 9.59 Å². The normalized spacial score (nSPS) is 10.2. The molecule has 0 saturated heterocycles. The van der Waals surface area contributed by atoms with Crippen molar-refractivity contribution in [2.45, 2.75) is 0 Å². The summed E-state index contributed by atoms with van der Waals surface area (Å²) in [5.41, 5.74) is 3.32. The fourth-order valence-electron chi connectivity index (χ4n) is 1.84. The van der Waals surface area contributed by atoms with Crippen LogP contribution in [0.15, 0.2) is 53.6 Å². The topological polar surface area (TPSA) is 89.0 Å². The predicted octanol–water partition coefficient (Wildman–Crippen LogP) is 1.79. The summed E-state index contributed by atoms with van der Waals surface area (Å²) in [4.78, 5) is 23.7. The van der Waals surface area contributed by atoms with Crippen molar-refractivity contribution in [1.82, 2.24) is 5.43 Å². The summed E-state index contributed by atoms with van der Waals surface area (Å²) >= 11 is 0. The molecule has 0 unspecified atom stereocenters. The van der Waals surface area contributed by atoms with Gasteiger partial charge in [0.25, 0.3) is 0 Å². The molecular formula is C17H17N3O4. The monoisotopic (exact) mass is 327 g/mol. The number of hydrogen-bond acceptors (Lipinski definition) is 5. The lowest BCUT2D eigenvalue weighted by Gasteiger charge is -2.10. The summed E-state index contributed by atoms with van der Waals surface area (Å²) in [6.07, 6.45) is 1.44. The molecule has 2 N–H and O–H groups in total. The molecule has 2 amide bonds. The summed E-state index contributed by atoms with van der Waals surface area (Å²) in [5.74, 6) is -0.797. The van der Waals surface area contributed by atoms with E-state index in [2.05, 4.69) is 15.8 Å². The van der Waals surface area contributed by atoms with Crippen LogP contribution in [-0.2, 0) is 9.59 Å². The van der Waals surface area contributed by atoms with Crippen molar-refractivity contribution >= 4 is 23.7 Å². The molecule has 0 radical (unpaired) electrons. The zero-order valence-corrected chi connectivity index (χ0v) is 13.3. The van der Waals surface area contributed by atoms with Gasteiger partial charge in [0.15, 0.2) is 0 Å². The van der Waals surface area contributed by atoms with E-state index in [9.17, 15) is 9.59 Å². The molecule has 0 bridgehead atoms. The maximum absolute atomic E-state index is 11.9. The Morgan fingerprint density at radius 3 is 2.42 bits per heavy atom. The fraction of sp³-hybridized carbons (Fsp3) is 0.118. The third-order valence-corrected chi connectivity index (χ3v) is 3.04. The average molecular weight is 327 g/mol. The zero-order valence-electron chi connectivity index (χ0n) is 13.3. The van der Waals surface area contributed by atoms with Gasteiger partial charge in [-0.25, -0.2) is 5.43 Å². The number of rotatable bonds is 5. The minimum absolute atomic E-state index is 0.352. The first-order valence-corrected chi connectivity index (χ1v) is 7.05. The number of ether oxygens (including phenoxy) is 2. The maximum Gasteiger partial charge on any atom is 0.329 e. The van der Waals surface area contributed by atoms with Crippen molar-refractivity contribution in [1.29, 1.82) is 0 Å². The number of benzene rings is 2. The van der Waals surface area contributed by atoms with Crippen molar-refractivity contribution in [2.75, 3.05) is 19.5 Å². The Bertz CT molecular complexity index is 745. The molecule has 0 spiro atoms. The van der Waals surface area contributed by atoms with Gasteiger partial charge in [-0.2, -0.15) is 5.10 Å². The first-order chi connectivity index (χ1) is 11.6. The minimum atomic E-state index is -0.889. The van der Waals surface area contributed by atoms with Crippen LogP contribution in [0, 0.1) is 0 Å². The number of methoxy groups -OCH3 is 2. The van der Waals surface area contributed by atoms with Gasteiger partial charge in [0.1, 0.15) is 11.5 Å². The van der Waals surface area contributed by atoms with Crippen molar-refractivity contribution in [3.63, 3.8) is 0 Å². The highest BCUT2D eigenvalue weighted by Gasteiger charge is 2.15. The lowest BCUT2D eigenvalue weighted by atomic mass is 10.2. The molecule has 124 valence electrons. The highest BCUT2D eigenvalue weighted by molar-refractivity contribution is 6.39. The number of nitrogens with zero attached hydrogens (tertiary/aromatic N) is 1. The number of carbonyl (C=O) groups excluding carboxylic acids is 2. The summed E-state index contributed by atoms with van der Waals surface area (Å²) < 4.78 is 10.2. The van der Waals surface area contributed by atoms with Gasteiger partial charge in [-0.15, -0.1) is 0 Å². The molecule has 2 rings (SSSR count). The Labute approximate surface area is 139 Å². The third-order valence-electron chi connectivity index (χ3n) is 3.04. The molecule has 2 aromatic carbocycles. The fourth-order valence-corrected chi connectivity index (χ4v) is 1.84. The lowest BCUT2D eigenvalue weighted by molar-refractivity contribution is -0.136. The zero-order chi connectivity index (χ0) is 17.4. The van der Waals surface area contributed by atoms with E-state index in [1.54, 1.807) is 18.2 Å². The van der Waals surface area contributed by atoms with Crippen molar-refractivity contribution in [3.05, 3.63) is 54.1 Å². The molecule has 0 aliphatic carbocycles. The third kappa shape index (κ3) is 4.57. The van der Waals surface area contributed by atoms with Crippen molar-refractivity contribution in [2.24, 2.45) is 5.10 Å². The van der Waals surface area contributed by atoms with E-state index in [1.165, 1.54) is 20.4 Å². The smallest absolute Gasteiger partial charge is 0.329 e. The predicted molar refractivity (Wildman–Crippen MR) is 90.4 cm³/mol. The van der Waals surface area contributed by atoms with Gasteiger partial charge in [0.05, 0.1) is 26.1 Å².